The Morgan fingerprint density at radius 3 is 2.58 bits per heavy atom. The molecule has 2 heterocycles. The third kappa shape index (κ3) is 7.36. The molecule has 12 nitrogen and oxygen atoms in total. The van der Waals surface area contributed by atoms with Gasteiger partial charge in [-0.1, -0.05) is 29.8 Å². The normalized spacial score (nSPS) is 18.1. The van der Waals surface area contributed by atoms with Crippen molar-refractivity contribution in [1.29, 1.82) is 0 Å². The van der Waals surface area contributed by atoms with Gasteiger partial charge in [-0.3, -0.25) is 14.4 Å². The lowest BCUT2D eigenvalue weighted by molar-refractivity contribution is -0.139. The number of carboxylic acid groups (broad SMARTS) is 1. The molecule has 6 N–H and O–H groups in total. The van der Waals surface area contributed by atoms with Crippen LogP contribution in [-0.4, -0.2) is 66.6 Å². The van der Waals surface area contributed by atoms with E-state index in [1.54, 1.807) is 26.0 Å². The van der Waals surface area contributed by atoms with E-state index in [0.29, 0.717) is 17.5 Å². The summed E-state index contributed by atoms with van der Waals surface area (Å²) in [6.45, 7) is 5.49. The number of carboxylic acids is 1. The number of aliphatic carboxylic acids is 1. The fourth-order valence-electron chi connectivity index (χ4n) is 4.96. The highest BCUT2D eigenvalue weighted by molar-refractivity contribution is 7.89. The van der Waals surface area contributed by atoms with Crippen molar-refractivity contribution in [2.24, 2.45) is 0 Å². The number of hydroxylamine groups is 1. The van der Waals surface area contributed by atoms with Crippen molar-refractivity contribution >= 4 is 38.9 Å². The van der Waals surface area contributed by atoms with Gasteiger partial charge in [-0.25, -0.2) is 13.4 Å². The monoisotopic (exact) mass is 572 g/mol. The number of amides is 1. The summed E-state index contributed by atoms with van der Waals surface area (Å²) in [7, 11) is -4.13. The second-order valence-electron chi connectivity index (χ2n) is 10.2. The van der Waals surface area contributed by atoms with Gasteiger partial charge in [0.05, 0.1) is 22.0 Å². The summed E-state index contributed by atoms with van der Waals surface area (Å²) in [6.07, 6.45) is 2.76. The number of nitrogens with zero attached hydrogens (tertiary/aromatic N) is 1. The highest BCUT2D eigenvalue weighted by Crippen LogP contribution is 2.22. The molecule has 0 bridgehead atoms. The summed E-state index contributed by atoms with van der Waals surface area (Å²) in [4.78, 5) is 37.7. The number of sulfonamides is 1. The molecule has 216 valence electrons. The number of rotatable bonds is 13. The molecule has 3 aromatic rings. The maximum atomic E-state index is 13.0. The Hall–Kier alpha value is -3.52. The van der Waals surface area contributed by atoms with E-state index in [-0.39, 0.29) is 11.0 Å². The Morgan fingerprint density at radius 2 is 1.88 bits per heavy atom. The summed E-state index contributed by atoms with van der Waals surface area (Å²) < 4.78 is 28.2. The molecule has 1 amide bonds. The van der Waals surface area contributed by atoms with Gasteiger partial charge >= 0.3 is 5.97 Å². The second-order valence-corrected chi connectivity index (χ2v) is 11.8. The average Bonchev–Trinajstić information content (AvgIpc) is 3.52. The number of carbonyl (C=O) groups excluding carboxylic acids is 1. The summed E-state index contributed by atoms with van der Waals surface area (Å²) in [6, 6.07) is 9.05. The number of carbonyl (C=O) groups is 2. The number of aromatic nitrogens is 2. The van der Waals surface area contributed by atoms with Crippen LogP contribution in [0.5, 0.6) is 0 Å². The molecule has 4 rings (SSSR count). The van der Waals surface area contributed by atoms with Crippen LogP contribution in [0, 0.1) is 20.8 Å². The number of nitrogens with one attached hydrogen (secondary N) is 5. The predicted molar refractivity (Wildman–Crippen MR) is 150 cm³/mol. The first-order chi connectivity index (χ1) is 19.0. The fraction of sp³-hybridized carbons (Fsp3) is 0.444. The number of hydrogen-bond donors (Lipinski definition) is 6. The lowest BCUT2D eigenvalue weighted by Crippen LogP contribution is -2.51. The highest BCUT2D eigenvalue weighted by atomic mass is 32.2. The molecule has 1 aliphatic heterocycles. The first-order valence-electron chi connectivity index (χ1n) is 13.2. The van der Waals surface area contributed by atoms with Crippen molar-refractivity contribution in [2.45, 2.75) is 69.5 Å². The summed E-state index contributed by atoms with van der Waals surface area (Å²) in [5.41, 5.74) is 6.52. The maximum absolute atomic E-state index is 13.0. The SMILES string of the molecule is Cc1cc(C)c(S(=O)(=O)NC(CNC(=O)C2CC(CCCCNc3nc4ccccc4[nH]3)ON2)C(=O)O)c(C)c1. The molecule has 3 atom stereocenters. The quantitative estimate of drug-likeness (QED) is 0.168. The van der Waals surface area contributed by atoms with E-state index >= 15 is 0 Å². The minimum Gasteiger partial charge on any atom is -0.480 e. The van der Waals surface area contributed by atoms with E-state index in [9.17, 15) is 23.1 Å². The number of para-hydroxylation sites is 2. The van der Waals surface area contributed by atoms with Crippen LogP contribution in [0.3, 0.4) is 0 Å². The van der Waals surface area contributed by atoms with Gasteiger partial charge in [-0.2, -0.15) is 10.2 Å². The average molecular weight is 573 g/mol. The van der Waals surface area contributed by atoms with Gasteiger partial charge in [0, 0.05) is 19.5 Å². The Kier molecular flexibility index (Phi) is 9.40. The van der Waals surface area contributed by atoms with Gasteiger partial charge in [0.1, 0.15) is 12.1 Å². The van der Waals surface area contributed by atoms with E-state index in [1.807, 2.05) is 31.2 Å². The van der Waals surface area contributed by atoms with Crippen LogP contribution in [-0.2, 0) is 24.4 Å². The van der Waals surface area contributed by atoms with Crippen molar-refractivity contribution in [3.8, 4) is 0 Å². The van der Waals surface area contributed by atoms with Gasteiger partial charge in [-0.15, -0.1) is 0 Å². The third-order valence-electron chi connectivity index (χ3n) is 6.78. The molecule has 2 aromatic carbocycles. The Balaban J connectivity index is 1.19. The van der Waals surface area contributed by atoms with Gasteiger partial charge in [-0.05, 0) is 63.3 Å². The van der Waals surface area contributed by atoms with Crippen LogP contribution in [0.15, 0.2) is 41.3 Å². The van der Waals surface area contributed by atoms with Gasteiger partial charge in [0.25, 0.3) is 0 Å². The van der Waals surface area contributed by atoms with Crippen LogP contribution in [0.25, 0.3) is 11.0 Å². The van der Waals surface area contributed by atoms with Crippen LogP contribution >= 0.6 is 0 Å². The second kappa shape index (κ2) is 12.8. The molecule has 0 saturated carbocycles. The minimum absolute atomic E-state index is 0.0390. The van der Waals surface area contributed by atoms with Crippen molar-refractivity contribution in [3.05, 3.63) is 53.1 Å². The smallest absolute Gasteiger partial charge is 0.323 e. The molecular weight excluding hydrogens is 536 g/mol. The first kappa shape index (κ1) is 29.5. The van der Waals surface area contributed by atoms with E-state index in [1.165, 1.54) is 0 Å². The Bertz CT molecular complexity index is 1420. The fourth-order valence-corrected chi connectivity index (χ4v) is 6.60. The summed E-state index contributed by atoms with van der Waals surface area (Å²) in [5.74, 6) is -1.12. The first-order valence-corrected chi connectivity index (χ1v) is 14.7. The Morgan fingerprint density at radius 1 is 1.15 bits per heavy atom. The number of fused-ring (bicyclic) bond motifs is 1. The van der Waals surface area contributed by atoms with Crippen molar-refractivity contribution < 1.29 is 28.0 Å². The van der Waals surface area contributed by atoms with Crippen LogP contribution in [0.4, 0.5) is 5.95 Å². The third-order valence-corrected chi connectivity index (χ3v) is 8.55. The minimum atomic E-state index is -4.13. The lowest BCUT2D eigenvalue weighted by Gasteiger charge is -2.19. The number of anilines is 1. The summed E-state index contributed by atoms with van der Waals surface area (Å²) >= 11 is 0. The summed E-state index contributed by atoms with van der Waals surface area (Å²) in [5, 5.41) is 15.4. The zero-order chi connectivity index (χ0) is 28.9. The molecule has 3 unspecified atom stereocenters. The maximum Gasteiger partial charge on any atom is 0.323 e. The number of aryl methyl sites for hydroxylation is 3. The number of aromatic amines is 1. The molecule has 0 radical (unpaired) electrons. The van der Waals surface area contributed by atoms with Gasteiger partial charge in [0.2, 0.25) is 21.9 Å². The molecule has 0 spiro atoms. The number of imidazole rings is 1. The van der Waals surface area contributed by atoms with Crippen LogP contribution in [0.2, 0.25) is 0 Å². The van der Waals surface area contributed by atoms with E-state index in [4.69, 9.17) is 4.84 Å². The molecule has 13 heteroatoms. The van der Waals surface area contributed by atoms with Gasteiger partial charge < -0.3 is 20.7 Å². The van der Waals surface area contributed by atoms with Crippen molar-refractivity contribution in [1.82, 2.24) is 25.5 Å². The number of unbranched alkanes of at least 4 members (excludes halogenated alkanes) is 1. The number of H-pyrrole nitrogens is 1. The van der Waals surface area contributed by atoms with E-state index in [0.717, 1.165) is 48.4 Å². The molecule has 1 aromatic heterocycles. The van der Waals surface area contributed by atoms with Crippen LogP contribution < -0.4 is 20.8 Å². The van der Waals surface area contributed by atoms with Gasteiger partial charge in [0.15, 0.2) is 0 Å². The molecule has 1 fully saturated rings. The Labute approximate surface area is 233 Å². The molecule has 40 heavy (non-hydrogen) atoms. The largest absolute Gasteiger partial charge is 0.480 e. The zero-order valence-corrected chi connectivity index (χ0v) is 23.6. The molecule has 1 aliphatic rings. The van der Waals surface area contributed by atoms with Crippen LogP contribution in [0.1, 0.15) is 42.4 Å². The standard InChI is InChI=1S/C27H36N6O6S/c1-16-12-17(2)24(18(3)13-16)40(37,38)33-23(26(35)36)15-29-25(34)22-14-19(39-32-22)8-6-7-11-28-27-30-20-9-4-5-10-21(20)31-27/h4-5,9-10,12-13,19,22-23,32-33H,6-8,11,14-15H2,1-3H3,(H,29,34)(H,35,36)(H2,28,30,31). The molecule has 1 saturated heterocycles. The van der Waals surface area contributed by atoms with Crippen molar-refractivity contribution in [2.75, 3.05) is 18.4 Å². The predicted octanol–water partition coefficient (Wildman–Crippen LogP) is 2.28. The van der Waals surface area contributed by atoms with E-state index in [2.05, 4.69) is 30.8 Å². The number of benzene rings is 2. The number of hydrogen-bond acceptors (Lipinski definition) is 8. The van der Waals surface area contributed by atoms with E-state index < -0.39 is 40.5 Å². The lowest BCUT2D eigenvalue weighted by atomic mass is 10.1. The van der Waals surface area contributed by atoms with Crippen molar-refractivity contribution in [3.63, 3.8) is 0 Å². The molecular formula is C27H36N6O6S. The topological polar surface area (TPSA) is 175 Å². The highest BCUT2D eigenvalue weighted by Gasteiger charge is 2.32. The molecule has 0 aliphatic carbocycles. The zero-order valence-electron chi connectivity index (χ0n) is 22.8.